The van der Waals surface area contributed by atoms with Crippen LogP contribution in [0.25, 0.3) is 0 Å². The van der Waals surface area contributed by atoms with Crippen molar-refractivity contribution in [3.63, 3.8) is 0 Å². The van der Waals surface area contributed by atoms with Gasteiger partial charge in [-0.05, 0) is 42.6 Å². The number of rotatable bonds is 4. The van der Waals surface area contributed by atoms with Gasteiger partial charge in [-0.3, -0.25) is 4.98 Å². The lowest BCUT2D eigenvalue weighted by atomic mass is 9.96. The molecule has 19 heavy (non-hydrogen) atoms. The number of aromatic nitrogens is 1. The first-order valence-corrected chi connectivity index (χ1v) is 6.82. The van der Waals surface area contributed by atoms with Gasteiger partial charge in [0.1, 0.15) is 0 Å². The molecule has 1 aromatic heterocycles. The van der Waals surface area contributed by atoms with Gasteiger partial charge >= 0.3 is 0 Å². The van der Waals surface area contributed by atoms with Crippen LogP contribution in [0, 0.1) is 6.92 Å². The van der Waals surface area contributed by atoms with Gasteiger partial charge in [-0.25, -0.2) is 0 Å². The van der Waals surface area contributed by atoms with Gasteiger partial charge in [-0.1, -0.05) is 44.2 Å². The van der Waals surface area contributed by atoms with Gasteiger partial charge in [-0.2, -0.15) is 0 Å². The van der Waals surface area contributed by atoms with Gasteiger partial charge in [0.25, 0.3) is 0 Å². The fourth-order valence-electron chi connectivity index (χ4n) is 2.33. The summed E-state index contributed by atoms with van der Waals surface area (Å²) >= 11 is 0. The van der Waals surface area contributed by atoms with Crippen LogP contribution in [0.1, 0.15) is 48.2 Å². The Bertz CT molecular complexity index is 529. The summed E-state index contributed by atoms with van der Waals surface area (Å²) in [7, 11) is 1.98. The number of aryl methyl sites for hydroxylation is 1. The van der Waals surface area contributed by atoms with Crippen molar-refractivity contribution in [3.05, 3.63) is 65.0 Å². The van der Waals surface area contributed by atoms with Gasteiger partial charge in [0.15, 0.2) is 0 Å². The van der Waals surface area contributed by atoms with Crippen LogP contribution in [0.15, 0.2) is 42.6 Å². The zero-order valence-corrected chi connectivity index (χ0v) is 12.1. The van der Waals surface area contributed by atoms with E-state index in [2.05, 4.69) is 61.4 Å². The Balaban J connectivity index is 2.35. The molecule has 1 atom stereocenters. The summed E-state index contributed by atoms with van der Waals surface area (Å²) in [6.45, 7) is 6.54. The quantitative estimate of drug-likeness (QED) is 0.897. The van der Waals surface area contributed by atoms with E-state index in [1.54, 1.807) is 0 Å². The summed E-state index contributed by atoms with van der Waals surface area (Å²) in [5.74, 6) is 0.568. The average molecular weight is 254 g/mol. The maximum atomic E-state index is 4.52. The van der Waals surface area contributed by atoms with E-state index in [1.807, 2.05) is 19.3 Å². The Labute approximate surface area is 115 Å². The van der Waals surface area contributed by atoms with Crippen molar-refractivity contribution in [2.75, 3.05) is 7.05 Å². The zero-order valence-electron chi connectivity index (χ0n) is 12.1. The molecule has 0 aliphatic rings. The van der Waals surface area contributed by atoms with E-state index in [4.69, 9.17) is 0 Å². The minimum Gasteiger partial charge on any atom is -0.308 e. The lowest BCUT2D eigenvalue weighted by Crippen LogP contribution is -2.20. The Hall–Kier alpha value is -1.67. The molecule has 0 saturated heterocycles. The molecule has 1 aromatic carbocycles. The maximum Gasteiger partial charge on any atom is 0.0751 e. The van der Waals surface area contributed by atoms with E-state index < -0.39 is 0 Å². The fraction of sp³-hybridized carbons (Fsp3) is 0.353. The molecule has 0 aliphatic carbocycles. The van der Waals surface area contributed by atoms with Crippen molar-refractivity contribution in [2.24, 2.45) is 0 Å². The van der Waals surface area contributed by atoms with Gasteiger partial charge in [0.2, 0.25) is 0 Å². The third-order valence-corrected chi connectivity index (χ3v) is 3.55. The molecule has 1 unspecified atom stereocenters. The Kier molecular flexibility index (Phi) is 4.33. The molecule has 0 bridgehead atoms. The highest BCUT2D eigenvalue weighted by atomic mass is 14.9. The summed E-state index contributed by atoms with van der Waals surface area (Å²) in [4.78, 5) is 4.52. The molecule has 0 spiro atoms. The molecule has 0 aliphatic heterocycles. The smallest absolute Gasteiger partial charge is 0.0751 e. The predicted octanol–water partition coefficient (Wildman–Crippen LogP) is 3.82. The average Bonchev–Trinajstić information content (AvgIpc) is 2.42. The monoisotopic (exact) mass is 254 g/mol. The lowest BCUT2D eigenvalue weighted by Gasteiger charge is -2.19. The fourth-order valence-corrected chi connectivity index (χ4v) is 2.33. The highest BCUT2D eigenvalue weighted by molar-refractivity contribution is 5.34. The highest BCUT2D eigenvalue weighted by Crippen LogP contribution is 2.24. The van der Waals surface area contributed by atoms with Gasteiger partial charge in [0, 0.05) is 6.20 Å². The highest BCUT2D eigenvalue weighted by Gasteiger charge is 2.15. The first-order valence-electron chi connectivity index (χ1n) is 6.82. The largest absolute Gasteiger partial charge is 0.308 e. The van der Waals surface area contributed by atoms with E-state index in [9.17, 15) is 0 Å². The Morgan fingerprint density at radius 2 is 1.63 bits per heavy atom. The first kappa shape index (κ1) is 13.8. The molecule has 0 amide bonds. The summed E-state index contributed by atoms with van der Waals surface area (Å²) in [6.07, 6.45) is 1.86. The van der Waals surface area contributed by atoms with Crippen LogP contribution < -0.4 is 5.32 Å². The van der Waals surface area contributed by atoms with Crippen LogP contribution in [0.3, 0.4) is 0 Å². The van der Waals surface area contributed by atoms with E-state index >= 15 is 0 Å². The second-order valence-corrected chi connectivity index (χ2v) is 5.25. The van der Waals surface area contributed by atoms with E-state index in [1.165, 1.54) is 16.7 Å². The van der Waals surface area contributed by atoms with E-state index in [-0.39, 0.29) is 6.04 Å². The van der Waals surface area contributed by atoms with Gasteiger partial charge < -0.3 is 5.32 Å². The van der Waals surface area contributed by atoms with Crippen molar-refractivity contribution >= 4 is 0 Å². The molecule has 1 heterocycles. The molecule has 1 N–H and O–H groups in total. The zero-order chi connectivity index (χ0) is 13.8. The Morgan fingerprint density at radius 3 is 2.16 bits per heavy atom. The first-order chi connectivity index (χ1) is 9.13. The van der Waals surface area contributed by atoms with Gasteiger partial charge in [0.05, 0.1) is 11.7 Å². The molecule has 2 aromatic rings. The number of benzene rings is 1. The van der Waals surface area contributed by atoms with Crippen molar-refractivity contribution in [1.29, 1.82) is 0 Å². The van der Waals surface area contributed by atoms with Crippen molar-refractivity contribution in [3.8, 4) is 0 Å². The predicted molar refractivity (Wildman–Crippen MR) is 80.4 cm³/mol. The number of hydrogen-bond acceptors (Lipinski definition) is 2. The van der Waals surface area contributed by atoms with Gasteiger partial charge in [-0.15, -0.1) is 0 Å². The van der Waals surface area contributed by atoms with Crippen LogP contribution in [0.2, 0.25) is 0 Å². The third kappa shape index (κ3) is 3.02. The molecule has 0 saturated carbocycles. The van der Waals surface area contributed by atoms with Crippen molar-refractivity contribution < 1.29 is 0 Å². The lowest BCUT2D eigenvalue weighted by molar-refractivity contribution is 0.665. The molecular formula is C17H22N2. The topological polar surface area (TPSA) is 24.9 Å². The van der Waals surface area contributed by atoms with E-state index in [0.717, 1.165) is 5.69 Å². The van der Waals surface area contributed by atoms with Crippen LogP contribution in [0.5, 0.6) is 0 Å². The molecule has 2 rings (SSSR count). The van der Waals surface area contributed by atoms with Crippen LogP contribution in [-0.4, -0.2) is 12.0 Å². The molecular weight excluding hydrogens is 232 g/mol. The molecule has 2 heteroatoms. The molecule has 0 radical (unpaired) electrons. The second-order valence-electron chi connectivity index (χ2n) is 5.25. The van der Waals surface area contributed by atoms with Crippen LogP contribution in [0.4, 0.5) is 0 Å². The number of nitrogens with one attached hydrogen (secondary N) is 1. The van der Waals surface area contributed by atoms with Crippen molar-refractivity contribution in [2.45, 2.75) is 32.7 Å². The second kappa shape index (κ2) is 5.98. The number of pyridine rings is 1. The van der Waals surface area contributed by atoms with Crippen LogP contribution in [-0.2, 0) is 0 Å². The summed E-state index contributed by atoms with van der Waals surface area (Å²) in [5.41, 5.74) is 4.95. The summed E-state index contributed by atoms with van der Waals surface area (Å²) < 4.78 is 0. The molecule has 2 nitrogen and oxygen atoms in total. The molecule has 100 valence electrons. The van der Waals surface area contributed by atoms with Crippen LogP contribution >= 0.6 is 0 Å². The number of nitrogens with zero attached hydrogens (tertiary/aromatic N) is 1. The minimum absolute atomic E-state index is 0.155. The minimum atomic E-state index is 0.155. The summed E-state index contributed by atoms with van der Waals surface area (Å²) in [6, 6.07) is 13.1. The maximum absolute atomic E-state index is 4.52. The van der Waals surface area contributed by atoms with Crippen molar-refractivity contribution in [1.82, 2.24) is 10.3 Å². The Morgan fingerprint density at radius 1 is 1.00 bits per heavy atom. The van der Waals surface area contributed by atoms with E-state index in [0.29, 0.717) is 5.92 Å². The molecule has 0 fully saturated rings. The SMILES string of the molecule is CNC(c1ccc(C(C)C)cc1)c1ncccc1C. The normalized spacial score (nSPS) is 12.7. The number of hydrogen-bond donors (Lipinski definition) is 1. The standard InChI is InChI=1S/C17H22N2/c1-12(2)14-7-9-15(10-8-14)17(18-4)16-13(3)6-5-11-19-16/h5-12,17-18H,1-4H3. The summed E-state index contributed by atoms with van der Waals surface area (Å²) in [5, 5.41) is 3.36. The third-order valence-electron chi connectivity index (χ3n) is 3.55.